The highest BCUT2D eigenvalue weighted by Gasteiger charge is 2.24. The summed E-state index contributed by atoms with van der Waals surface area (Å²) in [6, 6.07) is 15.2. The van der Waals surface area contributed by atoms with Gasteiger partial charge >= 0.3 is 0 Å². The van der Waals surface area contributed by atoms with Crippen LogP contribution in [0, 0.1) is 6.92 Å². The van der Waals surface area contributed by atoms with Gasteiger partial charge in [0, 0.05) is 49.4 Å². The molecule has 1 amide bonds. The molecule has 1 N–H and O–H groups in total. The number of aryl methyl sites for hydroxylation is 2. The topological polar surface area (TPSA) is 65.8 Å². The highest BCUT2D eigenvalue weighted by Crippen LogP contribution is 2.32. The van der Waals surface area contributed by atoms with Crippen molar-refractivity contribution in [1.29, 1.82) is 0 Å². The minimum absolute atomic E-state index is 0.0210. The summed E-state index contributed by atoms with van der Waals surface area (Å²) >= 11 is 0. The Kier molecular flexibility index (Phi) is 5.94. The molecule has 1 saturated heterocycles. The number of carbonyl (C=O) groups excluding carboxylic acids is 1. The molecule has 1 aliphatic heterocycles. The normalized spacial score (nSPS) is 15.4. The van der Waals surface area contributed by atoms with Crippen LogP contribution in [0.3, 0.4) is 0 Å². The van der Waals surface area contributed by atoms with E-state index in [9.17, 15) is 14.8 Å². The zero-order valence-electron chi connectivity index (χ0n) is 18.3. The summed E-state index contributed by atoms with van der Waals surface area (Å²) in [5.74, 6) is 0.0985. The van der Waals surface area contributed by atoms with Gasteiger partial charge in [0.05, 0.1) is 5.52 Å². The van der Waals surface area contributed by atoms with Crippen molar-refractivity contribution < 1.29 is 10.0 Å². The van der Waals surface area contributed by atoms with Gasteiger partial charge in [0.1, 0.15) is 0 Å². The molecule has 1 fully saturated rings. The molecule has 1 aliphatic rings. The van der Waals surface area contributed by atoms with Gasteiger partial charge in [-0.3, -0.25) is 9.59 Å². The predicted molar refractivity (Wildman–Crippen MR) is 123 cm³/mol. The lowest BCUT2D eigenvalue weighted by molar-refractivity contribution is -0.106. The molecular weight excluding hydrogens is 390 g/mol. The maximum atomic E-state index is 13.2. The second-order valence-electron chi connectivity index (χ2n) is 8.34. The number of pyridine rings is 1. The van der Waals surface area contributed by atoms with Crippen LogP contribution in [0.1, 0.15) is 47.2 Å². The Bertz CT molecular complexity index is 1160. The third kappa shape index (κ3) is 4.13. The molecule has 6 heteroatoms. The van der Waals surface area contributed by atoms with Crippen LogP contribution in [0.25, 0.3) is 10.9 Å². The summed E-state index contributed by atoms with van der Waals surface area (Å²) < 4.78 is 1.75. The van der Waals surface area contributed by atoms with Gasteiger partial charge in [0.2, 0.25) is 0 Å². The zero-order valence-corrected chi connectivity index (χ0v) is 18.3. The summed E-state index contributed by atoms with van der Waals surface area (Å²) in [5, 5.41) is 12.0. The van der Waals surface area contributed by atoms with Crippen LogP contribution < -0.4 is 10.5 Å². The minimum atomic E-state index is -0.0869. The Morgan fingerprint density at radius 3 is 2.42 bits per heavy atom. The molecule has 2 aromatic carbocycles. The molecule has 2 heterocycles. The van der Waals surface area contributed by atoms with Crippen molar-refractivity contribution in [2.75, 3.05) is 25.0 Å². The SMILES string of the molecule is CCn1c(=O)cc(C2CCN(O)CC2)c2cc(C(=O)N(C)c3ccc(C)cc3)ccc21. The zero-order chi connectivity index (χ0) is 22.1. The fraction of sp³-hybridized carbons (Fsp3) is 0.360. The van der Waals surface area contributed by atoms with E-state index in [1.165, 1.54) is 5.06 Å². The first kappa shape index (κ1) is 21.3. The highest BCUT2D eigenvalue weighted by molar-refractivity contribution is 6.07. The molecule has 0 spiro atoms. The van der Waals surface area contributed by atoms with Gasteiger partial charge in [-0.15, -0.1) is 0 Å². The van der Waals surface area contributed by atoms with E-state index < -0.39 is 0 Å². The molecule has 4 rings (SSSR count). The second-order valence-corrected chi connectivity index (χ2v) is 8.34. The summed E-state index contributed by atoms with van der Waals surface area (Å²) in [5.41, 5.74) is 4.39. The van der Waals surface area contributed by atoms with E-state index in [1.807, 2.05) is 50.2 Å². The van der Waals surface area contributed by atoms with Crippen LogP contribution in [0.5, 0.6) is 0 Å². The molecule has 0 aliphatic carbocycles. The minimum Gasteiger partial charge on any atom is -0.314 e. The summed E-state index contributed by atoms with van der Waals surface area (Å²) in [4.78, 5) is 27.7. The number of aromatic nitrogens is 1. The number of anilines is 1. The molecule has 6 nitrogen and oxygen atoms in total. The van der Waals surface area contributed by atoms with Crippen LogP contribution >= 0.6 is 0 Å². The maximum Gasteiger partial charge on any atom is 0.258 e. The maximum absolute atomic E-state index is 13.2. The summed E-state index contributed by atoms with van der Waals surface area (Å²) in [6.45, 7) is 5.71. The first-order valence-corrected chi connectivity index (χ1v) is 10.8. The van der Waals surface area contributed by atoms with Gasteiger partial charge in [0.15, 0.2) is 0 Å². The predicted octanol–water partition coefficient (Wildman–Crippen LogP) is 4.18. The molecule has 31 heavy (non-hydrogen) atoms. The summed E-state index contributed by atoms with van der Waals surface area (Å²) in [6.07, 6.45) is 1.56. The lowest BCUT2D eigenvalue weighted by Crippen LogP contribution is -2.31. The van der Waals surface area contributed by atoms with Crippen molar-refractivity contribution in [1.82, 2.24) is 9.63 Å². The second kappa shape index (κ2) is 8.65. The van der Waals surface area contributed by atoms with Gasteiger partial charge in [-0.05, 0) is 68.5 Å². The van der Waals surface area contributed by atoms with E-state index in [1.54, 1.807) is 28.6 Å². The van der Waals surface area contributed by atoms with E-state index in [-0.39, 0.29) is 17.4 Å². The third-order valence-corrected chi connectivity index (χ3v) is 6.34. The largest absolute Gasteiger partial charge is 0.314 e. The number of nitrogens with zero attached hydrogens (tertiary/aromatic N) is 3. The van der Waals surface area contributed by atoms with Gasteiger partial charge in [-0.1, -0.05) is 17.7 Å². The molecule has 0 atom stereocenters. The highest BCUT2D eigenvalue weighted by atomic mass is 16.5. The first-order chi connectivity index (χ1) is 14.9. The van der Waals surface area contributed by atoms with Crippen LogP contribution in [0.2, 0.25) is 0 Å². The number of fused-ring (bicyclic) bond motifs is 1. The molecule has 0 radical (unpaired) electrons. The lowest BCUT2D eigenvalue weighted by Gasteiger charge is -2.29. The fourth-order valence-electron chi connectivity index (χ4n) is 4.46. The molecule has 162 valence electrons. The van der Waals surface area contributed by atoms with E-state index in [0.717, 1.165) is 40.6 Å². The number of hydrogen-bond donors (Lipinski definition) is 1. The van der Waals surface area contributed by atoms with Crippen molar-refractivity contribution >= 4 is 22.5 Å². The number of hydrogen-bond acceptors (Lipinski definition) is 4. The molecule has 1 aromatic heterocycles. The van der Waals surface area contributed by atoms with Crippen molar-refractivity contribution in [3.05, 3.63) is 75.6 Å². The first-order valence-electron chi connectivity index (χ1n) is 10.8. The molecule has 0 bridgehead atoms. The van der Waals surface area contributed by atoms with E-state index in [2.05, 4.69) is 0 Å². The molecular formula is C25H29N3O3. The molecule has 0 unspecified atom stereocenters. The Morgan fingerprint density at radius 1 is 1.10 bits per heavy atom. The number of amides is 1. The van der Waals surface area contributed by atoms with Crippen LogP contribution in [-0.4, -0.2) is 40.9 Å². The number of benzene rings is 2. The Hall–Kier alpha value is -2.96. The third-order valence-electron chi connectivity index (χ3n) is 6.34. The monoisotopic (exact) mass is 419 g/mol. The number of hydroxylamine groups is 2. The Morgan fingerprint density at radius 2 is 1.77 bits per heavy atom. The Labute approximate surface area is 182 Å². The smallest absolute Gasteiger partial charge is 0.258 e. The van der Waals surface area contributed by atoms with Crippen molar-refractivity contribution in [3.63, 3.8) is 0 Å². The van der Waals surface area contributed by atoms with Gasteiger partial charge in [-0.25, -0.2) is 0 Å². The van der Waals surface area contributed by atoms with Gasteiger partial charge < -0.3 is 14.7 Å². The molecule has 3 aromatic rings. The van der Waals surface area contributed by atoms with Crippen LogP contribution in [0.15, 0.2) is 53.3 Å². The number of piperidine rings is 1. The number of carbonyl (C=O) groups is 1. The lowest BCUT2D eigenvalue weighted by atomic mass is 9.87. The fourth-order valence-corrected chi connectivity index (χ4v) is 4.46. The van der Waals surface area contributed by atoms with Crippen molar-refractivity contribution in [2.24, 2.45) is 0 Å². The number of rotatable bonds is 4. The van der Waals surface area contributed by atoms with E-state index in [0.29, 0.717) is 25.2 Å². The van der Waals surface area contributed by atoms with E-state index >= 15 is 0 Å². The van der Waals surface area contributed by atoms with Crippen LogP contribution in [0.4, 0.5) is 5.69 Å². The standard InChI is InChI=1S/C25H29N3O3/c1-4-28-23-10-7-19(25(30)26(3)20-8-5-17(2)6-9-20)15-22(23)21(16-24(28)29)18-11-13-27(31)14-12-18/h5-10,15-16,18,31H,4,11-14H2,1-3H3. The van der Waals surface area contributed by atoms with Gasteiger partial charge in [-0.2, -0.15) is 5.06 Å². The van der Waals surface area contributed by atoms with Crippen molar-refractivity contribution in [2.45, 2.75) is 39.2 Å². The summed E-state index contributed by atoms with van der Waals surface area (Å²) in [7, 11) is 1.78. The average Bonchev–Trinajstić information content (AvgIpc) is 2.78. The quantitative estimate of drug-likeness (QED) is 0.689. The van der Waals surface area contributed by atoms with E-state index in [4.69, 9.17) is 0 Å². The van der Waals surface area contributed by atoms with Gasteiger partial charge in [0.25, 0.3) is 11.5 Å². The molecule has 0 saturated carbocycles. The average molecular weight is 420 g/mol. The van der Waals surface area contributed by atoms with Crippen molar-refractivity contribution in [3.8, 4) is 0 Å². The Balaban J connectivity index is 1.78. The van der Waals surface area contributed by atoms with Crippen LogP contribution in [-0.2, 0) is 6.54 Å².